The zero-order chi connectivity index (χ0) is 21.2. The van der Waals surface area contributed by atoms with Gasteiger partial charge in [0.15, 0.2) is 5.13 Å². The number of amides is 1. The van der Waals surface area contributed by atoms with Crippen LogP contribution in [0.1, 0.15) is 23.0 Å². The minimum Gasteiger partial charge on any atom is -0.428 e. The molecule has 0 saturated carbocycles. The van der Waals surface area contributed by atoms with Gasteiger partial charge in [0.05, 0.1) is 11.4 Å². The van der Waals surface area contributed by atoms with Gasteiger partial charge in [-0.25, -0.2) is 4.98 Å². The van der Waals surface area contributed by atoms with Crippen molar-refractivity contribution in [2.75, 3.05) is 5.32 Å². The van der Waals surface area contributed by atoms with E-state index in [1.165, 1.54) is 23.5 Å². The summed E-state index contributed by atoms with van der Waals surface area (Å²) >= 11 is 1.18. The molecule has 2 heterocycles. The number of carbonyl (C=O) groups excluding carboxylic acids is 1. The Hall–Kier alpha value is -2.95. The number of ether oxygens (including phenoxy) is 1. The Labute approximate surface area is 167 Å². The molecule has 154 valence electrons. The first-order valence-corrected chi connectivity index (χ1v) is 9.34. The van der Waals surface area contributed by atoms with E-state index in [0.29, 0.717) is 12.2 Å². The fraction of sp³-hybridized carbons (Fsp3) is 0.278. The molecule has 11 heteroatoms. The number of halogens is 4. The van der Waals surface area contributed by atoms with E-state index in [2.05, 4.69) is 20.1 Å². The van der Waals surface area contributed by atoms with Crippen LogP contribution in [0.25, 0.3) is 11.3 Å². The van der Waals surface area contributed by atoms with Crippen LogP contribution in [-0.4, -0.2) is 33.2 Å². The van der Waals surface area contributed by atoms with Crippen molar-refractivity contribution in [3.8, 4) is 17.0 Å². The van der Waals surface area contributed by atoms with Crippen molar-refractivity contribution in [2.45, 2.75) is 32.9 Å². The molecule has 0 fully saturated rings. The lowest BCUT2D eigenvalue weighted by atomic mass is 10.2. The molecule has 0 spiro atoms. The Bertz CT molecular complexity index is 1020. The summed E-state index contributed by atoms with van der Waals surface area (Å²) in [5.41, 5.74) is 2.21. The van der Waals surface area contributed by atoms with Gasteiger partial charge in [-0.1, -0.05) is 6.07 Å². The second-order valence-electron chi connectivity index (χ2n) is 5.97. The Balaban J connectivity index is 1.73. The molecule has 0 saturated heterocycles. The molecule has 0 aliphatic heterocycles. The third-order valence-corrected chi connectivity index (χ3v) is 4.63. The van der Waals surface area contributed by atoms with E-state index >= 15 is 0 Å². The number of hydrogen-bond donors (Lipinski definition) is 1. The lowest BCUT2D eigenvalue weighted by molar-refractivity contribution is -0.253. The Morgan fingerprint density at radius 1 is 1.38 bits per heavy atom. The molecule has 0 unspecified atom stereocenters. The highest BCUT2D eigenvalue weighted by molar-refractivity contribution is 7.14. The van der Waals surface area contributed by atoms with Gasteiger partial charge in [0.2, 0.25) is 0 Å². The minimum absolute atomic E-state index is 0.0423. The first-order valence-electron chi connectivity index (χ1n) is 8.46. The van der Waals surface area contributed by atoms with Gasteiger partial charge >= 0.3 is 12.5 Å². The van der Waals surface area contributed by atoms with Crippen LogP contribution in [0.2, 0.25) is 0 Å². The summed E-state index contributed by atoms with van der Waals surface area (Å²) in [7, 11) is 0. The predicted octanol–water partition coefficient (Wildman–Crippen LogP) is 4.82. The van der Waals surface area contributed by atoms with Gasteiger partial charge in [0.1, 0.15) is 5.75 Å². The molecule has 0 atom stereocenters. The molecule has 1 amide bonds. The first kappa shape index (κ1) is 20.8. The molecular formula is C18H16F4N4O2S. The van der Waals surface area contributed by atoms with Crippen molar-refractivity contribution >= 4 is 22.4 Å². The van der Waals surface area contributed by atoms with Crippen molar-refractivity contribution in [1.29, 1.82) is 0 Å². The van der Waals surface area contributed by atoms with E-state index in [-0.39, 0.29) is 10.7 Å². The maximum absolute atomic E-state index is 13.0. The molecule has 6 nitrogen and oxygen atoms in total. The average Bonchev–Trinajstić information content (AvgIpc) is 3.27. The molecule has 3 aromatic rings. The van der Waals surface area contributed by atoms with E-state index in [1.54, 1.807) is 10.1 Å². The van der Waals surface area contributed by atoms with Crippen molar-refractivity contribution in [3.05, 3.63) is 47.1 Å². The number of rotatable bonds is 7. The number of thiazole rings is 1. The van der Waals surface area contributed by atoms with Crippen molar-refractivity contribution in [1.82, 2.24) is 14.8 Å². The minimum atomic E-state index is -4.65. The molecule has 0 aliphatic carbocycles. The number of aryl methyl sites for hydroxylation is 2. The predicted molar refractivity (Wildman–Crippen MR) is 99.7 cm³/mol. The molecule has 0 aliphatic rings. The highest BCUT2D eigenvalue weighted by Gasteiger charge is 2.44. The number of carbonyl (C=O) groups is 1. The van der Waals surface area contributed by atoms with E-state index in [0.717, 1.165) is 23.4 Å². The molecule has 0 radical (unpaired) electrons. The Morgan fingerprint density at radius 3 is 2.79 bits per heavy atom. The van der Waals surface area contributed by atoms with Crippen LogP contribution in [0.3, 0.4) is 0 Å². The average molecular weight is 428 g/mol. The second kappa shape index (κ2) is 8.19. The van der Waals surface area contributed by atoms with Gasteiger partial charge < -0.3 is 4.74 Å². The lowest BCUT2D eigenvalue weighted by Crippen LogP contribution is -2.33. The monoisotopic (exact) mass is 428 g/mol. The summed E-state index contributed by atoms with van der Waals surface area (Å²) in [5.74, 6) is -1.19. The topological polar surface area (TPSA) is 69.0 Å². The summed E-state index contributed by atoms with van der Waals surface area (Å²) in [6.45, 7) is 4.51. The van der Waals surface area contributed by atoms with Crippen LogP contribution in [0.15, 0.2) is 35.8 Å². The van der Waals surface area contributed by atoms with Gasteiger partial charge in [0.25, 0.3) is 5.91 Å². The fourth-order valence-corrected chi connectivity index (χ4v) is 3.16. The summed E-state index contributed by atoms with van der Waals surface area (Å²) < 4.78 is 56.4. The summed E-state index contributed by atoms with van der Waals surface area (Å²) in [6, 6.07) is 4.60. The maximum Gasteiger partial charge on any atom is 0.461 e. The van der Waals surface area contributed by atoms with Crippen LogP contribution in [-0.2, 0) is 6.54 Å². The van der Waals surface area contributed by atoms with Gasteiger partial charge in [-0.3, -0.25) is 14.8 Å². The highest BCUT2D eigenvalue weighted by Crippen LogP contribution is 2.29. The number of alkyl halides is 4. The van der Waals surface area contributed by atoms with Gasteiger partial charge in [-0.15, -0.1) is 11.3 Å². The number of nitrogens with zero attached hydrogens (tertiary/aromatic N) is 3. The zero-order valence-corrected chi connectivity index (χ0v) is 16.1. The number of benzene rings is 1. The first-order chi connectivity index (χ1) is 13.7. The third-order valence-electron chi connectivity index (χ3n) is 3.88. The summed E-state index contributed by atoms with van der Waals surface area (Å²) in [4.78, 5) is 16.7. The molecule has 29 heavy (non-hydrogen) atoms. The second-order valence-corrected chi connectivity index (χ2v) is 6.83. The van der Waals surface area contributed by atoms with Crippen molar-refractivity contribution in [2.24, 2.45) is 0 Å². The standard InChI is InChI=1S/C18H16F4N4O2S/c1-3-26-8-13(10(2)25-26)14-9-29-17(23-14)24-15(27)11-5-4-6-12(7-11)28-18(21,22)16(19)20/h4-9,16H,3H2,1-2H3,(H,23,24,27). The SMILES string of the molecule is CCn1cc(-c2csc(NC(=O)c3cccc(OC(F)(F)C(F)F)c3)n2)c(C)n1. The molecule has 3 rings (SSSR count). The summed E-state index contributed by atoms with van der Waals surface area (Å²) in [6.07, 6.45) is -6.80. The molecule has 1 aromatic carbocycles. The van der Waals surface area contributed by atoms with Crippen LogP contribution in [0, 0.1) is 6.92 Å². The lowest BCUT2D eigenvalue weighted by Gasteiger charge is -2.17. The summed E-state index contributed by atoms with van der Waals surface area (Å²) in [5, 5.41) is 8.93. The zero-order valence-electron chi connectivity index (χ0n) is 15.3. The highest BCUT2D eigenvalue weighted by atomic mass is 32.1. The Morgan fingerprint density at radius 2 is 2.14 bits per heavy atom. The maximum atomic E-state index is 13.0. The van der Waals surface area contributed by atoms with Crippen molar-refractivity contribution < 1.29 is 27.1 Å². The van der Waals surface area contributed by atoms with E-state index in [4.69, 9.17) is 0 Å². The molecule has 2 aromatic heterocycles. The van der Waals surface area contributed by atoms with E-state index in [1.807, 2.05) is 20.0 Å². The third kappa shape index (κ3) is 4.73. The van der Waals surface area contributed by atoms with Gasteiger partial charge in [-0.05, 0) is 32.0 Å². The fourth-order valence-electron chi connectivity index (χ4n) is 2.46. The molecular weight excluding hydrogens is 412 g/mol. The quantitative estimate of drug-likeness (QED) is 0.548. The number of anilines is 1. The van der Waals surface area contributed by atoms with E-state index in [9.17, 15) is 22.4 Å². The molecule has 1 N–H and O–H groups in total. The Kier molecular flexibility index (Phi) is 5.87. The van der Waals surface area contributed by atoms with Crippen LogP contribution in [0.4, 0.5) is 22.7 Å². The van der Waals surface area contributed by atoms with E-state index < -0.39 is 24.2 Å². The number of aromatic nitrogens is 3. The molecule has 0 bridgehead atoms. The van der Waals surface area contributed by atoms with Gasteiger partial charge in [0, 0.05) is 29.2 Å². The largest absolute Gasteiger partial charge is 0.461 e. The number of nitrogens with one attached hydrogen (secondary N) is 1. The van der Waals surface area contributed by atoms with Crippen molar-refractivity contribution in [3.63, 3.8) is 0 Å². The number of hydrogen-bond acceptors (Lipinski definition) is 5. The van der Waals surface area contributed by atoms with Crippen LogP contribution >= 0.6 is 11.3 Å². The normalized spacial score (nSPS) is 11.7. The van der Waals surface area contributed by atoms with Gasteiger partial charge in [-0.2, -0.15) is 22.7 Å². The van der Waals surface area contributed by atoms with Crippen LogP contribution < -0.4 is 10.1 Å². The van der Waals surface area contributed by atoms with Crippen LogP contribution in [0.5, 0.6) is 5.75 Å². The smallest absolute Gasteiger partial charge is 0.428 e.